The molecule has 16 heavy (non-hydrogen) atoms. The van der Waals surface area contributed by atoms with Gasteiger partial charge in [-0.2, -0.15) is 0 Å². The Bertz CT molecular complexity index is 429. The van der Waals surface area contributed by atoms with Crippen LogP contribution in [0.3, 0.4) is 0 Å². The summed E-state index contributed by atoms with van der Waals surface area (Å²) in [7, 11) is 0. The number of benzene rings is 1. The Labute approximate surface area is 104 Å². The highest BCUT2D eigenvalue weighted by atomic mass is 32.2. The maximum absolute atomic E-state index is 11.4. The van der Waals surface area contributed by atoms with E-state index in [1.807, 2.05) is 36.9 Å². The van der Waals surface area contributed by atoms with Crippen LogP contribution in [0.4, 0.5) is 5.69 Å². The lowest BCUT2D eigenvalue weighted by Crippen LogP contribution is -1.98. The summed E-state index contributed by atoms with van der Waals surface area (Å²) in [5, 5.41) is 1.15. The van der Waals surface area contributed by atoms with Gasteiger partial charge in [-0.15, -0.1) is 11.8 Å². The molecule has 0 spiro atoms. The zero-order valence-corrected chi connectivity index (χ0v) is 10.7. The highest BCUT2D eigenvalue weighted by molar-refractivity contribution is 8.26. The first-order chi connectivity index (χ1) is 7.79. The average molecular weight is 251 g/mol. The molecule has 0 N–H and O–H groups in total. The van der Waals surface area contributed by atoms with E-state index in [0.29, 0.717) is 6.42 Å². The summed E-state index contributed by atoms with van der Waals surface area (Å²) >= 11 is 3.10. The van der Waals surface area contributed by atoms with Crippen molar-refractivity contribution in [1.82, 2.24) is 0 Å². The smallest absolute Gasteiger partial charge is 0.194 e. The Morgan fingerprint density at radius 1 is 1.50 bits per heavy atom. The van der Waals surface area contributed by atoms with Crippen LogP contribution in [-0.2, 0) is 4.79 Å². The quantitative estimate of drug-likeness (QED) is 0.758. The summed E-state index contributed by atoms with van der Waals surface area (Å²) in [6.07, 6.45) is 1.45. The molecule has 0 atom stereocenters. The van der Waals surface area contributed by atoms with Gasteiger partial charge < -0.3 is 0 Å². The second-order valence-corrected chi connectivity index (χ2v) is 5.67. The minimum Gasteiger partial charge on any atom is -0.287 e. The molecule has 1 aromatic carbocycles. The molecule has 0 aromatic heterocycles. The van der Waals surface area contributed by atoms with Crippen molar-refractivity contribution in [1.29, 1.82) is 0 Å². The molecule has 0 saturated carbocycles. The van der Waals surface area contributed by atoms with Crippen molar-refractivity contribution in [2.24, 2.45) is 4.99 Å². The summed E-state index contributed by atoms with van der Waals surface area (Å²) in [4.78, 5) is 17.2. The Hall–Kier alpha value is -0.740. The van der Waals surface area contributed by atoms with Crippen LogP contribution in [0.1, 0.15) is 19.8 Å². The third-order valence-electron chi connectivity index (χ3n) is 2.20. The van der Waals surface area contributed by atoms with Crippen LogP contribution < -0.4 is 0 Å². The summed E-state index contributed by atoms with van der Waals surface area (Å²) in [6, 6.07) is 8.10. The van der Waals surface area contributed by atoms with E-state index in [4.69, 9.17) is 0 Å². The molecule has 1 heterocycles. The number of thioether (sulfide) groups is 2. The lowest BCUT2D eigenvalue weighted by molar-refractivity contribution is -0.110. The van der Waals surface area contributed by atoms with Gasteiger partial charge in [-0.25, -0.2) is 4.99 Å². The number of hydrogen-bond acceptors (Lipinski definition) is 4. The van der Waals surface area contributed by atoms with Crippen LogP contribution in [0.2, 0.25) is 0 Å². The fourth-order valence-electron chi connectivity index (χ4n) is 1.39. The van der Waals surface area contributed by atoms with E-state index in [0.717, 1.165) is 22.9 Å². The molecule has 1 aliphatic heterocycles. The summed E-state index contributed by atoms with van der Waals surface area (Å²) in [5.41, 5.74) is 0.997. The zero-order chi connectivity index (χ0) is 11.4. The molecular formula is C12H13NOS2. The third kappa shape index (κ3) is 2.89. The van der Waals surface area contributed by atoms with Gasteiger partial charge in [0.05, 0.1) is 10.7 Å². The molecule has 84 valence electrons. The van der Waals surface area contributed by atoms with Crippen LogP contribution in [0.5, 0.6) is 0 Å². The standard InChI is InChI=1S/C12H13NOS2/c1-2-12(14)16-11-7-8-15-10-6-4-3-5-9(10)13-11/h3-6H,2,7-8H2,1H3. The minimum absolute atomic E-state index is 0.197. The third-order valence-corrected chi connectivity index (χ3v) is 4.32. The largest absolute Gasteiger partial charge is 0.287 e. The van der Waals surface area contributed by atoms with Crippen LogP contribution in [-0.4, -0.2) is 15.9 Å². The predicted octanol–water partition coefficient (Wildman–Crippen LogP) is 3.88. The number of hydrogen-bond donors (Lipinski definition) is 0. The molecule has 1 aromatic rings. The van der Waals surface area contributed by atoms with Gasteiger partial charge in [-0.3, -0.25) is 4.79 Å². The van der Waals surface area contributed by atoms with E-state index in [9.17, 15) is 4.79 Å². The summed E-state index contributed by atoms with van der Waals surface area (Å²) in [6.45, 7) is 1.88. The van der Waals surface area contributed by atoms with Crippen molar-refractivity contribution in [2.45, 2.75) is 24.7 Å². The van der Waals surface area contributed by atoms with Gasteiger partial charge in [-0.1, -0.05) is 19.1 Å². The van der Waals surface area contributed by atoms with E-state index in [-0.39, 0.29) is 5.12 Å². The molecule has 1 aliphatic rings. The van der Waals surface area contributed by atoms with E-state index >= 15 is 0 Å². The Kier molecular flexibility index (Phi) is 4.07. The highest BCUT2D eigenvalue weighted by Gasteiger charge is 2.12. The first-order valence-electron chi connectivity index (χ1n) is 5.29. The lowest BCUT2D eigenvalue weighted by atomic mass is 10.3. The van der Waals surface area contributed by atoms with Gasteiger partial charge in [0.1, 0.15) is 0 Å². The predicted molar refractivity (Wildman–Crippen MR) is 71.8 cm³/mol. The number of carbonyl (C=O) groups excluding carboxylic acids is 1. The number of carbonyl (C=O) groups is 1. The number of para-hydroxylation sites is 1. The fourth-order valence-corrected chi connectivity index (χ4v) is 3.22. The summed E-state index contributed by atoms with van der Waals surface area (Å²) in [5.74, 6) is 1.000. The average Bonchev–Trinajstić information content (AvgIpc) is 2.50. The van der Waals surface area contributed by atoms with Crippen LogP contribution in [0.15, 0.2) is 34.2 Å². The van der Waals surface area contributed by atoms with Crippen LogP contribution >= 0.6 is 23.5 Å². The van der Waals surface area contributed by atoms with E-state index in [1.54, 1.807) is 0 Å². The van der Waals surface area contributed by atoms with Crippen LogP contribution in [0, 0.1) is 0 Å². The number of fused-ring (bicyclic) bond motifs is 1. The monoisotopic (exact) mass is 251 g/mol. The summed E-state index contributed by atoms with van der Waals surface area (Å²) < 4.78 is 0. The first-order valence-corrected chi connectivity index (χ1v) is 7.10. The molecule has 2 nitrogen and oxygen atoms in total. The molecule has 0 fully saturated rings. The van der Waals surface area contributed by atoms with Crippen molar-refractivity contribution in [3.05, 3.63) is 24.3 Å². The molecule has 2 rings (SSSR count). The second kappa shape index (κ2) is 5.55. The van der Waals surface area contributed by atoms with Crippen molar-refractivity contribution < 1.29 is 4.79 Å². The molecule has 0 radical (unpaired) electrons. The molecule has 0 amide bonds. The van der Waals surface area contributed by atoms with Crippen LogP contribution in [0.25, 0.3) is 0 Å². The molecule has 4 heteroatoms. The Morgan fingerprint density at radius 2 is 2.31 bits per heavy atom. The van der Waals surface area contributed by atoms with Gasteiger partial charge in [0.25, 0.3) is 0 Å². The van der Waals surface area contributed by atoms with Crippen molar-refractivity contribution in [3.8, 4) is 0 Å². The lowest BCUT2D eigenvalue weighted by Gasteiger charge is -2.00. The first kappa shape index (κ1) is 11.7. The fraction of sp³-hybridized carbons (Fsp3) is 0.333. The van der Waals surface area contributed by atoms with Gasteiger partial charge in [0.2, 0.25) is 0 Å². The normalized spacial score (nSPS) is 14.9. The Balaban J connectivity index is 2.22. The van der Waals surface area contributed by atoms with Gasteiger partial charge >= 0.3 is 0 Å². The van der Waals surface area contributed by atoms with Crippen molar-refractivity contribution in [3.63, 3.8) is 0 Å². The topological polar surface area (TPSA) is 29.4 Å². The second-order valence-electron chi connectivity index (χ2n) is 3.40. The molecular weight excluding hydrogens is 238 g/mol. The van der Waals surface area contributed by atoms with Crippen molar-refractivity contribution >= 4 is 39.4 Å². The van der Waals surface area contributed by atoms with E-state index in [2.05, 4.69) is 11.1 Å². The van der Waals surface area contributed by atoms with Gasteiger partial charge in [-0.05, 0) is 23.9 Å². The molecule has 0 aliphatic carbocycles. The molecule has 0 bridgehead atoms. The van der Waals surface area contributed by atoms with E-state index in [1.165, 1.54) is 16.7 Å². The highest BCUT2D eigenvalue weighted by Crippen LogP contribution is 2.34. The molecule has 0 unspecified atom stereocenters. The molecule has 0 saturated heterocycles. The number of aliphatic imine (C=N–C) groups is 1. The van der Waals surface area contributed by atoms with Gasteiger partial charge in [0, 0.05) is 23.5 Å². The van der Waals surface area contributed by atoms with Crippen molar-refractivity contribution in [2.75, 3.05) is 5.75 Å². The SMILES string of the molecule is CCC(=O)SC1=Nc2ccccc2SCC1. The zero-order valence-electron chi connectivity index (χ0n) is 9.10. The van der Waals surface area contributed by atoms with Gasteiger partial charge in [0.15, 0.2) is 5.12 Å². The Morgan fingerprint density at radius 3 is 3.12 bits per heavy atom. The maximum atomic E-state index is 11.4. The number of nitrogens with zero attached hydrogens (tertiary/aromatic N) is 1. The minimum atomic E-state index is 0.197. The van der Waals surface area contributed by atoms with E-state index < -0.39 is 0 Å². The maximum Gasteiger partial charge on any atom is 0.194 e. The number of rotatable bonds is 1.